The summed E-state index contributed by atoms with van der Waals surface area (Å²) in [6.07, 6.45) is 5.23. The van der Waals surface area contributed by atoms with E-state index in [9.17, 15) is 0 Å². The van der Waals surface area contributed by atoms with E-state index in [4.69, 9.17) is 4.98 Å². The zero-order valence-corrected chi connectivity index (χ0v) is 13.7. The molecule has 5 nitrogen and oxygen atoms in total. The van der Waals surface area contributed by atoms with Gasteiger partial charge in [-0.05, 0) is 36.6 Å². The molecule has 0 bridgehead atoms. The second kappa shape index (κ2) is 5.81. The lowest BCUT2D eigenvalue weighted by molar-refractivity contribution is 0.483. The number of nitrogens with zero attached hydrogens (tertiary/aromatic N) is 3. The standard InChI is InChI=1S/C18H23N5/c1-12(2)10-23-11-15(9-20-23)13-3-4-16-17(7-13)22-18(21-16)14-5-6-19-8-14/h3-4,7,9,11-12,14,19H,5-6,8,10H2,1-2H3,(H,21,22). The third-order valence-corrected chi connectivity index (χ3v) is 4.47. The fourth-order valence-electron chi connectivity index (χ4n) is 3.28. The highest BCUT2D eigenvalue weighted by molar-refractivity contribution is 5.81. The van der Waals surface area contributed by atoms with Gasteiger partial charge >= 0.3 is 0 Å². The average molecular weight is 309 g/mol. The zero-order chi connectivity index (χ0) is 15.8. The van der Waals surface area contributed by atoms with Gasteiger partial charge in [-0.25, -0.2) is 4.98 Å². The van der Waals surface area contributed by atoms with E-state index in [-0.39, 0.29) is 0 Å². The molecule has 0 amide bonds. The second-order valence-electron chi connectivity index (χ2n) is 6.89. The average Bonchev–Trinajstić information content (AvgIpc) is 3.25. The minimum absolute atomic E-state index is 0.514. The van der Waals surface area contributed by atoms with Gasteiger partial charge in [-0.1, -0.05) is 19.9 Å². The van der Waals surface area contributed by atoms with Crippen molar-refractivity contribution in [3.8, 4) is 11.1 Å². The quantitative estimate of drug-likeness (QED) is 0.778. The first-order valence-electron chi connectivity index (χ1n) is 8.42. The molecule has 0 radical (unpaired) electrons. The van der Waals surface area contributed by atoms with E-state index >= 15 is 0 Å². The Balaban J connectivity index is 1.64. The van der Waals surface area contributed by atoms with Crippen molar-refractivity contribution in [3.05, 3.63) is 36.4 Å². The molecule has 1 aromatic carbocycles. The lowest BCUT2D eigenvalue weighted by atomic mass is 10.1. The first-order valence-corrected chi connectivity index (χ1v) is 8.42. The topological polar surface area (TPSA) is 58.5 Å². The van der Waals surface area contributed by atoms with Crippen molar-refractivity contribution in [1.82, 2.24) is 25.1 Å². The van der Waals surface area contributed by atoms with Gasteiger partial charge in [0.2, 0.25) is 0 Å². The molecule has 3 aromatic rings. The van der Waals surface area contributed by atoms with Crippen molar-refractivity contribution in [2.24, 2.45) is 5.92 Å². The summed E-state index contributed by atoms with van der Waals surface area (Å²) in [6, 6.07) is 6.42. The molecule has 0 spiro atoms. The number of aromatic nitrogens is 4. The first-order chi connectivity index (χ1) is 11.2. The summed E-state index contributed by atoms with van der Waals surface area (Å²) in [7, 11) is 0. The Morgan fingerprint density at radius 1 is 1.30 bits per heavy atom. The fraction of sp³-hybridized carbons (Fsp3) is 0.444. The Kier molecular flexibility index (Phi) is 3.65. The van der Waals surface area contributed by atoms with Crippen LogP contribution in [0.15, 0.2) is 30.6 Å². The van der Waals surface area contributed by atoms with E-state index in [1.807, 2.05) is 10.9 Å². The summed E-state index contributed by atoms with van der Waals surface area (Å²) in [6.45, 7) is 7.47. The number of H-pyrrole nitrogens is 1. The lowest BCUT2D eigenvalue weighted by Gasteiger charge is -2.03. The Morgan fingerprint density at radius 3 is 3.00 bits per heavy atom. The van der Waals surface area contributed by atoms with Gasteiger partial charge in [0, 0.05) is 30.8 Å². The Morgan fingerprint density at radius 2 is 2.22 bits per heavy atom. The van der Waals surface area contributed by atoms with Gasteiger partial charge in [0.15, 0.2) is 0 Å². The number of hydrogen-bond acceptors (Lipinski definition) is 3. The van der Waals surface area contributed by atoms with Crippen LogP contribution in [0.25, 0.3) is 22.2 Å². The molecule has 23 heavy (non-hydrogen) atoms. The van der Waals surface area contributed by atoms with E-state index in [0.717, 1.165) is 48.5 Å². The molecule has 0 saturated carbocycles. The number of fused-ring (bicyclic) bond motifs is 1. The van der Waals surface area contributed by atoms with Gasteiger partial charge in [0.25, 0.3) is 0 Å². The van der Waals surface area contributed by atoms with Gasteiger partial charge in [-0.3, -0.25) is 4.68 Å². The monoisotopic (exact) mass is 309 g/mol. The Hall–Kier alpha value is -2.14. The Labute approximate surface area is 136 Å². The highest BCUT2D eigenvalue weighted by Gasteiger charge is 2.20. The van der Waals surface area contributed by atoms with Crippen molar-refractivity contribution in [2.75, 3.05) is 13.1 Å². The van der Waals surface area contributed by atoms with Gasteiger partial charge in [0.1, 0.15) is 5.82 Å². The zero-order valence-electron chi connectivity index (χ0n) is 13.7. The van der Waals surface area contributed by atoms with Crippen molar-refractivity contribution in [3.63, 3.8) is 0 Å². The molecule has 120 valence electrons. The van der Waals surface area contributed by atoms with Gasteiger partial charge in [-0.2, -0.15) is 5.10 Å². The molecule has 1 aliphatic rings. The number of aromatic amines is 1. The summed E-state index contributed by atoms with van der Waals surface area (Å²) in [5.41, 5.74) is 4.50. The van der Waals surface area contributed by atoms with Crippen LogP contribution in [0.5, 0.6) is 0 Å². The molecule has 2 N–H and O–H groups in total. The normalized spacial score (nSPS) is 18.3. The van der Waals surface area contributed by atoms with Crippen LogP contribution < -0.4 is 5.32 Å². The molecular weight excluding hydrogens is 286 g/mol. The van der Waals surface area contributed by atoms with Crippen LogP contribution >= 0.6 is 0 Å². The Bertz CT molecular complexity index is 808. The summed E-state index contributed by atoms with van der Waals surface area (Å²) in [5.74, 6) is 2.22. The van der Waals surface area contributed by atoms with E-state index in [0.29, 0.717) is 11.8 Å². The largest absolute Gasteiger partial charge is 0.342 e. The molecule has 4 rings (SSSR count). The molecule has 2 aromatic heterocycles. The van der Waals surface area contributed by atoms with Crippen LogP contribution in [0.4, 0.5) is 0 Å². The molecule has 0 aliphatic carbocycles. The maximum Gasteiger partial charge on any atom is 0.111 e. The number of benzene rings is 1. The smallest absolute Gasteiger partial charge is 0.111 e. The highest BCUT2D eigenvalue weighted by atomic mass is 15.3. The molecule has 5 heteroatoms. The molecule has 1 aliphatic heterocycles. The van der Waals surface area contributed by atoms with Crippen molar-refractivity contribution >= 4 is 11.0 Å². The maximum absolute atomic E-state index is 4.76. The van der Waals surface area contributed by atoms with Gasteiger partial charge in [0.05, 0.1) is 17.2 Å². The maximum atomic E-state index is 4.76. The van der Waals surface area contributed by atoms with Crippen molar-refractivity contribution in [1.29, 1.82) is 0 Å². The van der Waals surface area contributed by atoms with Crippen LogP contribution in [0.2, 0.25) is 0 Å². The van der Waals surface area contributed by atoms with E-state index in [1.165, 1.54) is 5.56 Å². The van der Waals surface area contributed by atoms with Crippen molar-refractivity contribution in [2.45, 2.75) is 32.7 Å². The van der Waals surface area contributed by atoms with E-state index < -0.39 is 0 Å². The minimum atomic E-state index is 0.514. The third kappa shape index (κ3) is 2.88. The summed E-state index contributed by atoms with van der Waals surface area (Å²) in [5, 5.41) is 7.86. The van der Waals surface area contributed by atoms with Crippen LogP contribution in [0, 0.1) is 5.92 Å². The molecule has 3 heterocycles. The van der Waals surface area contributed by atoms with Gasteiger partial charge in [-0.15, -0.1) is 0 Å². The summed E-state index contributed by atoms with van der Waals surface area (Å²) in [4.78, 5) is 8.27. The number of hydrogen-bond donors (Lipinski definition) is 2. The fourth-order valence-corrected chi connectivity index (χ4v) is 3.28. The predicted molar refractivity (Wildman–Crippen MR) is 92.4 cm³/mol. The van der Waals surface area contributed by atoms with E-state index in [1.54, 1.807) is 0 Å². The van der Waals surface area contributed by atoms with Crippen LogP contribution in [0.1, 0.15) is 32.0 Å². The second-order valence-corrected chi connectivity index (χ2v) is 6.89. The summed E-state index contributed by atoms with van der Waals surface area (Å²) >= 11 is 0. The third-order valence-electron chi connectivity index (χ3n) is 4.47. The number of imidazole rings is 1. The van der Waals surface area contributed by atoms with Gasteiger partial charge < -0.3 is 10.3 Å². The minimum Gasteiger partial charge on any atom is -0.342 e. The molecule has 1 fully saturated rings. The molecule has 1 atom stereocenters. The first kappa shape index (κ1) is 14.5. The van der Waals surface area contributed by atoms with Crippen molar-refractivity contribution < 1.29 is 0 Å². The van der Waals surface area contributed by atoms with Crippen LogP contribution in [0.3, 0.4) is 0 Å². The summed E-state index contributed by atoms with van der Waals surface area (Å²) < 4.78 is 2.02. The van der Waals surface area contributed by atoms with Crippen LogP contribution in [-0.2, 0) is 6.54 Å². The van der Waals surface area contributed by atoms with E-state index in [2.05, 4.69) is 53.6 Å². The molecular formula is C18H23N5. The SMILES string of the molecule is CC(C)Cn1cc(-c2ccc3nc(C4CCNC4)[nH]c3c2)cn1. The molecule has 1 unspecified atom stereocenters. The molecule has 1 saturated heterocycles. The lowest BCUT2D eigenvalue weighted by Crippen LogP contribution is -2.08. The number of nitrogens with one attached hydrogen (secondary N) is 2. The predicted octanol–water partition coefficient (Wildman–Crippen LogP) is 3.16. The number of rotatable bonds is 4. The highest BCUT2D eigenvalue weighted by Crippen LogP contribution is 2.26. The van der Waals surface area contributed by atoms with Crippen LogP contribution in [-0.4, -0.2) is 32.8 Å².